The molecule has 1 aromatic carbocycles. The maximum Gasteiger partial charge on any atom is 0.253 e. The molecule has 0 aromatic heterocycles. The number of likely N-dealkylation sites (tertiary alicyclic amines) is 2. The zero-order chi connectivity index (χ0) is 17.6. The van der Waals surface area contributed by atoms with Crippen LogP contribution in [0.3, 0.4) is 0 Å². The van der Waals surface area contributed by atoms with E-state index in [0.29, 0.717) is 17.1 Å². The second-order valence-electron chi connectivity index (χ2n) is 7.17. The summed E-state index contributed by atoms with van der Waals surface area (Å²) in [7, 11) is 3.20. The normalized spacial score (nSPS) is 21.8. The Hall–Kier alpha value is -1.75. The highest BCUT2D eigenvalue weighted by Gasteiger charge is 2.24. The van der Waals surface area contributed by atoms with Crippen LogP contribution in [0.25, 0.3) is 0 Å². The van der Waals surface area contributed by atoms with Crippen LogP contribution in [0, 0.1) is 5.92 Å². The van der Waals surface area contributed by atoms with Gasteiger partial charge in [0.05, 0.1) is 14.2 Å². The van der Waals surface area contributed by atoms with Crippen LogP contribution in [-0.4, -0.2) is 62.7 Å². The van der Waals surface area contributed by atoms with E-state index in [1.165, 1.54) is 38.9 Å². The Bertz CT molecular complexity index is 584. The van der Waals surface area contributed by atoms with Crippen LogP contribution in [-0.2, 0) is 0 Å². The van der Waals surface area contributed by atoms with Gasteiger partial charge in [-0.25, -0.2) is 0 Å². The van der Waals surface area contributed by atoms with Gasteiger partial charge in [0.15, 0.2) is 11.5 Å². The van der Waals surface area contributed by atoms with E-state index in [-0.39, 0.29) is 5.91 Å². The number of carbonyl (C=O) groups excluding carboxylic acids is 1. The van der Waals surface area contributed by atoms with Crippen LogP contribution in [0.5, 0.6) is 11.5 Å². The summed E-state index contributed by atoms with van der Waals surface area (Å²) in [6.45, 7) is 5.42. The lowest BCUT2D eigenvalue weighted by molar-refractivity contribution is 0.0758. The molecule has 0 radical (unpaired) electrons. The molecule has 2 aliphatic rings. The summed E-state index contributed by atoms with van der Waals surface area (Å²) in [5.74, 6) is 2.08. The number of hydrogen-bond donors (Lipinski definition) is 0. The largest absolute Gasteiger partial charge is 0.493 e. The Morgan fingerprint density at radius 1 is 1.00 bits per heavy atom. The summed E-state index contributed by atoms with van der Waals surface area (Å²) in [5, 5.41) is 0. The highest BCUT2D eigenvalue weighted by atomic mass is 16.5. The van der Waals surface area contributed by atoms with Crippen molar-refractivity contribution >= 4 is 5.91 Å². The molecule has 0 aliphatic carbocycles. The second-order valence-corrected chi connectivity index (χ2v) is 7.17. The average molecular weight is 346 g/mol. The van der Waals surface area contributed by atoms with Gasteiger partial charge in [-0.3, -0.25) is 4.79 Å². The Labute approximate surface area is 150 Å². The van der Waals surface area contributed by atoms with E-state index in [1.54, 1.807) is 26.4 Å². The third-order valence-electron chi connectivity index (χ3n) is 5.48. The van der Waals surface area contributed by atoms with Crippen molar-refractivity contribution in [3.05, 3.63) is 23.8 Å². The molecule has 0 bridgehead atoms. The molecule has 0 N–H and O–H groups in total. The predicted molar refractivity (Wildman–Crippen MR) is 98.5 cm³/mol. The molecule has 5 heteroatoms. The number of nitrogens with zero attached hydrogens (tertiary/aromatic N) is 2. The predicted octanol–water partition coefficient (Wildman–Crippen LogP) is 3.04. The highest BCUT2D eigenvalue weighted by molar-refractivity contribution is 5.95. The van der Waals surface area contributed by atoms with Crippen molar-refractivity contribution in [1.29, 1.82) is 0 Å². The van der Waals surface area contributed by atoms with Crippen molar-refractivity contribution in [1.82, 2.24) is 9.80 Å². The summed E-state index contributed by atoms with van der Waals surface area (Å²) >= 11 is 0. The molecule has 25 heavy (non-hydrogen) atoms. The number of amides is 1. The number of benzene rings is 1. The molecule has 1 amide bonds. The van der Waals surface area contributed by atoms with E-state index in [9.17, 15) is 4.79 Å². The zero-order valence-electron chi connectivity index (χ0n) is 15.5. The van der Waals surface area contributed by atoms with Crippen LogP contribution in [0.15, 0.2) is 18.2 Å². The summed E-state index contributed by atoms with van der Waals surface area (Å²) < 4.78 is 10.6. The van der Waals surface area contributed by atoms with Gasteiger partial charge in [0.2, 0.25) is 0 Å². The van der Waals surface area contributed by atoms with Crippen LogP contribution < -0.4 is 9.47 Å². The van der Waals surface area contributed by atoms with Crippen LogP contribution >= 0.6 is 0 Å². The fourth-order valence-corrected chi connectivity index (χ4v) is 4.03. The lowest BCUT2D eigenvalue weighted by Gasteiger charge is -2.23. The van der Waals surface area contributed by atoms with Crippen molar-refractivity contribution in [3.8, 4) is 11.5 Å². The molecule has 2 saturated heterocycles. The fraction of sp³-hybridized carbons (Fsp3) is 0.650. The Kier molecular flexibility index (Phi) is 6.19. The molecule has 3 rings (SSSR count). The number of methoxy groups -OCH3 is 2. The standard InChI is InChI=1S/C20H30N2O3/c1-24-18-8-7-17(14-19(18)25-2)20(23)22-12-5-6-16(9-13-22)15-21-10-3-4-11-21/h7-8,14,16H,3-6,9-13,15H2,1-2H3. The van der Waals surface area contributed by atoms with E-state index in [4.69, 9.17) is 9.47 Å². The van der Waals surface area contributed by atoms with E-state index in [0.717, 1.165) is 31.8 Å². The quantitative estimate of drug-likeness (QED) is 0.822. The lowest BCUT2D eigenvalue weighted by Crippen LogP contribution is -2.32. The molecular formula is C20H30N2O3. The maximum atomic E-state index is 12.9. The van der Waals surface area contributed by atoms with Gasteiger partial charge < -0.3 is 19.3 Å². The zero-order valence-corrected chi connectivity index (χ0v) is 15.5. The number of hydrogen-bond acceptors (Lipinski definition) is 4. The first kappa shape index (κ1) is 18.1. The SMILES string of the molecule is COc1ccc(C(=O)N2CCCC(CN3CCCC3)CC2)cc1OC. The van der Waals surface area contributed by atoms with Crippen molar-refractivity contribution in [2.75, 3.05) is 46.9 Å². The first-order chi connectivity index (χ1) is 12.2. The Morgan fingerprint density at radius 2 is 1.76 bits per heavy atom. The lowest BCUT2D eigenvalue weighted by atomic mass is 10.0. The summed E-state index contributed by atoms with van der Waals surface area (Å²) in [6.07, 6.45) is 6.12. The first-order valence-electron chi connectivity index (χ1n) is 9.45. The van der Waals surface area contributed by atoms with Gasteiger partial charge in [-0.15, -0.1) is 0 Å². The highest BCUT2D eigenvalue weighted by Crippen LogP contribution is 2.29. The van der Waals surface area contributed by atoms with E-state index < -0.39 is 0 Å². The fourth-order valence-electron chi connectivity index (χ4n) is 4.03. The minimum absolute atomic E-state index is 0.0998. The maximum absolute atomic E-state index is 12.9. The third-order valence-corrected chi connectivity index (χ3v) is 5.48. The second kappa shape index (κ2) is 8.56. The topological polar surface area (TPSA) is 42.0 Å². The monoisotopic (exact) mass is 346 g/mol. The average Bonchev–Trinajstić information content (AvgIpc) is 3.04. The van der Waals surface area contributed by atoms with Gasteiger partial charge in [0, 0.05) is 25.2 Å². The van der Waals surface area contributed by atoms with Gasteiger partial charge in [0.1, 0.15) is 0 Å². The van der Waals surface area contributed by atoms with Gasteiger partial charge in [0.25, 0.3) is 5.91 Å². The molecule has 1 aromatic rings. The summed E-state index contributed by atoms with van der Waals surface area (Å²) in [6, 6.07) is 5.42. The third kappa shape index (κ3) is 4.46. The molecule has 2 fully saturated rings. The van der Waals surface area contributed by atoms with Gasteiger partial charge >= 0.3 is 0 Å². The Morgan fingerprint density at radius 3 is 2.48 bits per heavy atom. The number of ether oxygens (including phenoxy) is 2. The van der Waals surface area contributed by atoms with E-state index in [1.807, 2.05) is 11.0 Å². The van der Waals surface area contributed by atoms with Crippen molar-refractivity contribution in [2.24, 2.45) is 5.92 Å². The summed E-state index contributed by atoms with van der Waals surface area (Å²) in [4.78, 5) is 17.5. The van der Waals surface area contributed by atoms with E-state index in [2.05, 4.69) is 4.90 Å². The first-order valence-corrected chi connectivity index (χ1v) is 9.45. The van der Waals surface area contributed by atoms with Crippen LogP contribution in [0.2, 0.25) is 0 Å². The van der Waals surface area contributed by atoms with Gasteiger partial charge in [-0.2, -0.15) is 0 Å². The smallest absolute Gasteiger partial charge is 0.253 e. The summed E-state index contributed by atoms with van der Waals surface area (Å²) in [5.41, 5.74) is 0.677. The van der Waals surface area contributed by atoms with Crippen molar-refractivity contribution < 1.29 is 14.3 Å². The van der Waals surface area contributed by atoms with Gasteiger partial charge in [-0.1, -0.05) is 0 Å². The molecule has 1 atom stereocenters. The molecule has 2 aliphatic heterocycles. The van der Waals surface area contributed by atoms with Crippen LogP contribution in [0.4, 0.5) is 0 Å². The molecule has 138 valence electrons. The van der Waals surface area contributed by atoms with Crippen molar-refractivity contribution in [2.45, 2.75) is 32.1 Å². The molecule has 2 heterocycles. The number of carbonyl (C=O) groups is 1. The Balaban J connectivity index is 1.60. The van der Waals surface area contributed by atoms with E-state index >= 15 is 0 Å². The molecular weight excluding hydrogens is 316 g/mol. The molecule has 0 saturated carbocycles. The van der Waals surface area contributed by atoms with Crippen LogP contribution in [0.1, 0.15) is 42.5 Å². The number of rotatable bonds is 5. The minimum atomic E-state index is 0.0998. The molecule has 5 nitrogen and oxygen atoms in total. The van der Waals surface area contributed by atoms with Gasteiger partial charge in [-0.05, 0) is 69.3 Å². The minimum Gasteiger partial charge on any atom is -0.493 e. The van der Waals surface area contributed by atoms with Crippen molar-refractivity contribution in [3.63, 3.8) is 0 Å². The molecule has 0 spiro atoms. The molecule has 1 unspecified atom stereocenters.